The zero-order valence-corrected chi connectivity index (χ0v) is 12.5. The van der Waals surface area contributed by atoms with E-state index in [1.54, 1.807) is 21.8 Å². The maximum absolute atomic E-state index is 11.3. The van der Waals surface area contributed by atoms with Crippen molar-refractivity contribution in [2.75, 3.05) is 19.6 Å². The lowest BCUT2D eigenvalue weighted by atomic mass is 10.2. The zero-order valence-electron chi connectivity index (χ0n) is 12.5. The molecule has 0 radical (unpaired) electrons. The summed E-state index contributed by atoms with van der Waals surface area (Å²) in [5.41, 5.74) is 1.14. The van der Waals surface area contributed by atoms with Crippen molar-refractivity contribution in [3.8, 4) is 11.4 Å². The van der Waals surface area contributed by atoms with E-state index in [0.29, 0.717) is 17.9 Å². The average molecular weight is 292 g/mol. The summed E-state index contributed by atoms with van der Waals surface area (Å²) in [6, 6.07) is 0. The van der Waals surface area contributed by atoms with Gasteiger partial charge in [0.2, 0.25) is 0 Å². The van der Waals surface area contributed by atoms with Gasteiger partial charge in [0.1, 0.15) is 5.69 Å². The topological polar surface area (TPSA) is 89.1 Å². The van der Waals surface area contributed by atoms with Gasteiger partial charge in [-0.2, -0.15) is 0 Å². The van der Waals surface area contributed by atoms with Crippen LogP contribution in [0.2, 0.25) is 0 Å². The van der Waals surface area contributed by atoms with Crippen LogP contribution in [0, 0.1) is 0 Å². The number of carbonyl (C=O) groups is 1. The Morgan fingerprint density at radius 2 is 2.10 bits per heavy atom. The Morgan fingerprint density at radius 1 is 1.38 bits per heavy atom. The summed E-state index contributed by atoms with van der Waals surface area (Å²) in [6.07, 6.45) is 3.25. The van der Waals surface area contributed by atoms with Crippen molar-refractivity contribution in [2.24, 2.45) is 7.05 Å². The summed E-state index contributed by atoms with van der Waals surface area (Å²) < 4.78 is 3.40. The van der Waals surface area contributed by atoms with Crippen molar-refractivity contribution < 1.29 is 9.90 Å². The molecule has 0 saturated carbocycles. The standard InChI is InChI=1S/C13H20N6O2/c1-4-18(5-2)6-7-19-12(10-8-14-9-17(10)3)11(13(20)21)15-16-19/h8-9H,4-7H2,1-3H3,(H,20,21). The van der Waals surface area contributed by atoms with Gasteiger partial charge in [0, 0.05) is 13.6 Å². The first-order chi connectivity index (χ1) is 10.1. The summed E-state index contributed by atoms with van der Waals surface area (Å²) in [5.74, 6) is -1.08. The molecule has 8 heteroatoms. The Balaban J connectivity index is 2.34. The molecule has 0 atom stereocenters. The maximum atomic E-state index is 11.3. The summed E-state index contributed by atoms with van der Waals surface area (Å²) in [6.45, 7) is 7.45. The number of carboxylic acid groups (broad SMARTS) is 1. The predicted octanol–water partition coefficient (Wildman–Crippen LogP) is 0.719. The van der Waals surface area contributed by atoms with Crippen LogP contribution >= 0.6 is 0 Å². The molecule has 2 heterocycles. The Bertz CT molecular complexity index is 614. The highest BCUT2D eigenvalue weighted by molar-refractivity contribution is 5.92. The third kappa shape index (κ3) is 3.10. The smallest absolute Gasteiger partial charge is 0.358 e. The molecule has 0 aliphatic carbocycles. The molecular formula is C13H20N6O2. The lowest BCUT2D eigenvalue weighted by Gasteiger charge is -2.18. The first-order valence-corrected chi connectivity index (χ1v) is 6.94. The molecule has 21 heavy (non-hydrogen) atoms. The Hall–Kier alpha value is -2.22. The number of rotatable bonds is 7. The second-order valence-electron chi connectivity index (χ2n) is 4.73. The third-order valence-corrected chi connectivity index (χ3v) is 3.52. The minimum atomic E-state index is -1.08. The minimum Gasteiger partial charge on any atom is -0.476 e. The van der Waals surface area contributed by atoms with Gasteiger partial charge in [-0.3, -0.25) is 0 Å². The van der Waals surface area contributed by atoms with Crippen LogP contribution in [0.15, 0.2) is 12.5 Å². The average Bonchev–Trinajstić information content (AvgIpc) is 3.05. The van der Waals surface area contributed by atoms with Gasteiger partial charge in [-0.25, -0.2) is 14.5 Å². The van der Waals surface area contributed by atoms with Crippen LogP contribution in [0.4, 0.5) is 0 Å². The molecule has 2 aromatic rings. The number of hydrogen-bond acceptors (Lipinski definition) is 5. The van der Waals surface area contributed by atoms with Crippen LogP contribution in [0.3, 0.4) is 0 Å². The van der Waals surface area contributed by atoms with Crippen molar-refractivity contribution in [1.29, 1.82) is 0 Å². The molecular weight excluding hydrogens is 272 g/mol. The normalized spacial score (nSPS) is 11.2. The number of imidazole rings is 1. The van der Waals surface area contributed by atoms with E-state index in [0.717, 1.165) is 19.6 Å². The molecule has 0 unspecified atom stereocenters. The first kappa shape index (κ1) is 15.2. The number of nitrogens with zero attached hydrogens (tertiary/aromatic N) is 6. The number of aromatic nitrogens is 5. The fourth-order valence-electron chi connectivity index (χ4n) is 2.23. The van der Waals surface area contributed by atoms with E-state index in [-0.39, 0.29) is 5.69 Å². The number of aryl methyl sites for hydroxylation is 1. The lowest BCUT2D eigenvalue weighted by molar-refractivity contribution is 0.0691. The highest BCUT2D eigenvalue weighted by atomic mass is 16.4. The van der Waals surface area contributed by atoms with Crippen molar-refractivity contribution in [1.82, 2.24) is 29.4 Å². The van der Waals surface area contributed by atoms with Crippen molar-refractivity contribution in [2.45, 2.75) is 20.4 Å². The first-order valence-electron chi connectivity index (χ1n) is 6.94. The second kappa shape index (κ2) is 6.49. The summed E-state index contributed by atoms with van der Waals surface area (Å²) >= 11 is 0. The number of aromatic carboxylic acids is 1. The van der Waals surface area contributed by atoms with Gasteiger partial charge in [-0.05, 0) is 13.1 Å². The molecule has 1 N–H and O–H groups in total. The molecule has 114 valence electrons. The van der Waals surface area contributed by atoms with Gasteiger partial charge < -0.3 is 14.6 Å². The summed E-state index contributed by atoms with van der Waals surface area (Å²) in [4.78, 5) is 17.6. The van der Waals surface area contributed by atoms with Gasteiger partial charge in [-0.1, -0.05) is 19.1 Å². The molecule has 0 amide bonds. The van der Waals surface area contributed by atoms with Crippen molar-refractivity contribution in [3.05, 3.63) is 18.2 Å². The lowest BCUT2D eigenvalue weighted by Crippen LogP contribution is -2.27. The largest absolute Gasteiger partial charge is 0.476 e. The molecule has 2 rings (SSSR count). The van der Waals surface area contributed by atoms with Crippen LogP contribution < -0.4 is 0 Å². The third-order valence-electron chi connectivity index (χ3n) is 3.52. The van der Waals surface area contributed by atoms with E-state index < -0.39 is 5.97 Å². The van der Waals surface area contributed by atoms with Gasteiger partial charge >= 0.3 is 5.97 Å². The maximum Gasteiger partial charge on any atom is 0.358 e. The van der Waals surface area contributed by atoms with E-state index in [2.05, 4.69) is 34.0 Å². The second-order valence-corrected chi connectivity index (χ2v) is 4.73. The highest BCUT2D eigenvalue weighted by Crippen LogP contribution is 2.21. The number of likely N-dealkylation sites (N-methyl/N-ethyl adjacent to an activating group) is 1. The van der Waals surface area contributed by atoms with E-state index in [4.69, 9.17) is 0 Å². The van der Waals surface area contributed by atoms with Gasteiger partial charge in [0.05, 0.1) is 24.8 Å². The monoisotopic (exact) mass is 292 g/mol. The SMILES string of the molecule is CCN(CC)CCn1nnc(C(=O)O)c1-c1cncn1C. The molecule has 2 aromatic heterocycles. The Kier molecular flexibility index (Phi) is 4.69. The fraction of sp³-hybridized carbons (Fsp3) is 0.538. The fourth-order valence-corrected chi connectivity index (χ4v) is 2.23. The highest BCUT2D eigenvalue weighted by Gasteiger charge is 2.22. The quantitative estimate of drug-likeness (QED) is 0.809. The molecule has 0 fully saturated rings. The van der Waals surface area contributed by atoms with Crippen molar-refractivity contribution >= 4 is 5.97 Å². The van der Waals surface area contributed by atoms with Crippen LogP contribution in [0.5, 0.6) is 0 Å². The molecule has 0 aliphatic rings. The molecule has 0 spiro atoms. The number of carboxylic acids is 1. The summed E-state index contributed by atoms with van der Waals surface area (Å²) in [5, 5.41) is 17.1. The van der Waals surface area contributed by atoms with E-state index in [1.165, 1.54) is 0 Å². The molecule has 0 aliphatic heterocycles. The van der Waals surface area contributed by atoms with E-state index in [1.807, 2.05) is 7.05 Å². The van der Waals surface area contributed by atoms with Crippen LogP contribution in [0.1, 0.15) is 24.3 Å². The Morgan fingerprint density at radius 3 is 2.62 bits per heavy atom. The van der Waals surface area contributed by atoms with Gasteiger partial charge in [0.15, 0.2) is 5.69 Å². The Labute approximate surface area is 123 Å². The van der Waals surface area contributed by atoms with E-state index in [9.17, 15) is 9.90 Å². The van der Waals surface area contributed by atoms with E-state index >= 15 is 0 Å². The van der Waals surface area contributed by atoms with Gasteiger partial charge in [0.25, 0.3) is 0 Å². The van der Waals surface area contributed by atoms with Crippen LogP contribution in [-0.4, -0.2) is 60.2 Å². The molecule has 8 nitrogen and oxygen atoms in total. The van der Waals surface area contributed by atoms with Crippen molar-refractivity contribution in [3.63, 3.8) is 0 Å². The zero-order chi connectivity index (χ0) is 15.4. The summed E-state index contributed by atoms with van der Waals surface area (Å²) in [7, 11) is 1.82. The minimum absolute atomic E-state index is 0.0434. The molecule has 0 aromatic carbocycles. The predicted molar refractivity (Wildman–Crippen MR) is 77.0 cm³/mol. The van der Waals surface area contributed by atoms with Gasteiger partial charge in [-0.15, -0.1) is 5.10 Å². The molecule has 0 saturated heterocycles. The van der Waals surface area contributed by atoms with Crippen LogP contribution in [-0.2, 0) is 13.6 Å². The number of hydrogen-bond donors (Lipinski definition) is 1. The van der Waals surface area contributed by atoms with Crippen LogP contribution in [0.25, 0.3) is 11.4 Å². The molecule has 0 bridgehead atoms.